The van der Waals surface area contributed by atoms with Gasteiger partial charge >= 0.3 is 0 Å². The molecular weight excluding hydrogens is 262 g/mol. The Morgan fingerprint density at radius 1 is 1.42 bits per heavy atom. The van der Waals surface area contributed by atoms with Gasteiger partial charge in [-0.25, -0.2) is 9.97 Å². The van der Waals surface area contributed by atoms with E-state index in [4.69, 9.17) is 11.6 Å². The molecular formula is C14H22ClN3O. The standard InChI is InChI=1S/C14H22ClN3O/c1-2-4-13-17-12(15)8-14(18-13)16-9-10-5-3-6-11(19)7-10/h8,10-11,19H,2-7,9H2,1H3,(H,16,17,18). The maximum Gasteiger partial charge on any atom is 0.134 e. The van der Waals surface area contributed by atoms with Gasteiger partial charge < -0.3 is 10.4 Å². The molecule has 2 unspecified atom stereocenters. The molecule has 1 heterocycles. The number of aliphatic hydroxyl groups excluding tert-OH is 1. The van der Waals surface area contributed by atoms with Crippen LogP contribution in [0.1, 0.15) is 44.9 Å². The highest BCUT2D eigenvalue weighted by Crippen LogP contribution is 2.24. The van der Waals surface area contributed by atoms with Crippen LogP contribution < -0.4 is 5.32 Å². The predicted octanol–water partition coefficient (Wildman–Crippen LogP) is 3.05. The average molecular weight is 284 g/mol. The largest absolute Gasteiger partial charge is 0.393 e. The molecule has 1 aromatic rings. The first kappa shape index (κ1) is 14.5. The van der Waals surface area contributed by atoms with Crippen LogP contribution in [0.5, 0.6) is 0 Å². The van der Waals surface area contributed by atoms with Crippen molar-refractivity contribution in [3.63, 3.8) is 0 Å². The van der Waals surface area contributed by atoms with Crippen molar-refractivity contribution in [3.05, 3.63) is 17.0 Å². The molecule has 5 heteroatoms. The molecule has 2 N–H and O–H groups in total. The number of anilines is 1. The summed E-state index contributed by atoms with van der Waals surface area (Å²) in [6.45, 7) is 2.94. The lowest BCUT2D eigenvalue weighted by molar-refractivity contribution is 0.104. The zero-order valence-corrected chi connectivity index (χ0v) is 12.2. The summed E-state index contributed by atoms with van der Waals surface area (Å²) < 4.78 is 0. The van der Waals surface area contributed by atoms with Gasteiger partial charge in [-0.15, -0.1) is 0 Å². The molecule has 0 radical (unpaired) electrons. The van der Waals surface area contributed by atoms with Gasteiger partial charge in [0.1, 0.15) is 16.8 Å². The first-order chi connectivity index (χ1) is 9.17. The van der Waals surface area contributed by atoms with Crippen LogP contribution in [-0.2, 0) is 6.42 Å². The number of rotatable bonds is 5. The van der Waals surface area contributed by atoms with Gasteiger partial charge in [-0.2, -0.15) is 0 Å². The van der Waals surface area contributed by atoms with Crippen LogP contribution in [-0.4, -0.2) is 27.7 Å². The van der Waals surface area contributed by atoms with Crippen molar-refractivity contribution in [2.45, 2.75) is 51.6 Å². The van der Waals surface area contributed by atoms with E-state index in [1.165, 1.54) is 6.42 Å². The second kappa shape index (κ2) is 7.06. The molecule has 19 heavy (non-hydrogen) atoms. The van der Waals surface area contributed by atoms with E-state index in [9.17, 15) is 5.11 Å². The third-order valence-corrected chi connectivity index (χ3v) is 3.74. The van der Waals surface area contributed by atoms with E-state index in [1.807, 2.05) is 0 Å². The molecule has 0 bridgehead atoms. The summed E-state index contributed by atoms with van der Waals surface area (Å²) in [5, 5.41) is 13.5. The molecule has 1 saturated carbocycles. The number of aryl methyl sites for hydroxylation is 1. The topological polar surface area (TPSA) is 58.0 Å². The van der Waals surface area contributed by atoms with Gasteiger partial charge in [0.2, 0.25) is 0 Å². The summed E-state index contributed by atoms with van der Waals surface area (Å²) >= 11 is 6.00. The lowest BCUT2D eigenvalue weighted by atomic mass is 9.87. The summed E-state index contributed by atoms with van der Waals surface area (Å²) in [5.41, 5.74) is 0. The molecule has 2 rings (SSSR count). The first-order valence-electron chi connectivity index (χ1n) is 7.12. The number of nitrogens with zero attached hydrogens (tertiary/aromatic N) is 2. The highest BCUT2D eigenvalue weighted by atomic mass is 35.5. The van der Waals surface area contributed by atoms with E-state index >= 15 is 0 Å². The maximum absolute atomic E-state index is 9.66. The minimum Gasteiger partial charge on any atom is -0.393 e. The fourth-order valence-electron chi connectivity index (χ4n) is 2.59. The van der Waals surface area contributed by atoms with Gasteiger partial charge in [-0.1, -0.05) is 24.9 Å². The van der Waals surface area contributed by atoms with E-state index in [0.29, 0.717) is 11.1 Å². The van der Waals surface area contributed by atoms with Crippen LogP contribution in [0.15, 0.2) is 6.07 Å². The number of nitrogens with one attached hydrogen (secondary N) is 1. The fourth-order valence-corrected chi connectivity index (χ4v) is 2.79. The van der Waals surface area contributed by atoms with Crippen LogP contribution in [0.3, 0.4) is 0 Å². The smallest absolute Gasteiger partial charge is 0.134 e. The van der Waals surface area contributed by atoms with Gasteiger partial charge in [0, 0.05) is 19.0 Å². The molecule has 0 saturated heterocycles. The summed E-state index contributed by atoms with van der Waals surface area (Å²) in [6, 6.07) is 1.76. The fraction of sp³-hybridized carbons (Fsp3) is 0.714. The maximum atomic E-state index is 9.66. The molecule has 0 spiro atoms. The third kappa shape index (κ3) is 4.62. The molecule has 4 nitrogen and oxygen atoms in total. The zero-order chi connectivity index (χ0) is 13.7. The Kier molecular flexibility index (Phi) is 5.40. The number of aromatic nitrogens is 2. The molecule has 106 valence electrons. The van der Waals surface area contributed by atoms with Gasteiger partial charge in [-0.3, -0.25) is 0 Å². The Labute approximate surface area is 119 Å². The minimum atomic E-state index is -0.134. The van der Waals surface area contributed by atoms with E-state index < -0.39 is 0 Å². The summed E-state index contributed by atoms with van der Waals surface area (Å²) in [4.78, 5) is 8.66. The van der Waals surface area contributed by atoms with E-state index in [0.717, 1.165) is 50.3 Å². The average Bonchev–Trinajstić information content (AvgIpc) is 2.36. The molecule has 1 aliphatic rings. The molecule has 0 aliphatic heterocycles. The van der Waals surface area contributed by atoms with Crippen molar-refractivity contribution in [2.75, 3.05) is 11.9 Å². The Hall–Kier alpha value is -0.870. The Balaban J connectivity index is 1.91. The predicted molar refractivity (Wildman–Crippen MR) is 77.5 cm³/mol. The normalized spacial score (nSPS) is 23.3. The molecule has 1 aromatic heterocycles. The monoisotopic (exact) mass is 283 g/mol. The molecule has 0 amide bonds. The van der Waals surface area contributed by atoms with Crippen molar-refractivity contribution in [2.24, 2.45) is 5.92 Å². The SMILES string of the molecule is CCCc1nc(Cl)cc(NCC2CCCC(O)C2)n1. The molecule has 2 atom stereocenters. The lowest BCUT2D eigenvalue weighted by Crippen LogP contribution is -2.25. The Morgan fingerprint density at radius 3 is 3.00 bits per heavy atom. The molecule has 0 aromatic carbocycles. The van der Waals surface area contributed by atoms with Crippen molar-refractivity contribution < 1.29 is 5.11 Å². The van der Waals surface area contributed by atoms with Crippen LogP contribution in [0.25, 0.3) is 0 Å². The van der Waals surface area contributed by atoms with Crippen LogP contribution in [0.4, 0.5) is 5.82 Å². The zero-order valence-electron chi connectivity index (χ0n) is 11.4. The van der Waals surface area contributed by atoms with Gasteiger partial charge in [-0.05, 0) is 31.6 Å². The van der Waals surface area contributed by atoms with E-state index in [-0.39, 0.29) is 6.10 Å². The minimum absolute atomic E-state index is 0.134. The second-order valence-electron chi connectivity index (χ2n) is 5.31. The van der Waals surface area contributed by atoms with Gasteiger partial charge in [0.15, 0.2) is 0 Å². The summed E-state index contributed by atoms with van der Waals surface area (Å²) in [6.07, 6.45) is 5.82. The quantitative estimate of drug-likeness (QED) is 0.816. The number of hydrogen-bond acceptors (Lipinski definition) is 4. The van der Waals surface area contributed by atoms with Crippen molar-refractivity contribution in [3.8, 4) is 0 Å². The van der Waals surface area contributed by atoms with Crippen LogP contribution in [0.2, 0.25) is 5.15 Å². The van der Waals surface area contributed by atoms with Gasteiger partial charge in [0.25, 0.3) is 0 Å². The van der Waals surface area contributed by atoms with E-state index in [1.54, 1.807) is 6.07 Å². The van der Waals surface area contributed by atoms with Crippen molar-refractivity contribution in [1.29, 1.82) is 0 Å². The van der Waals surface area contributed by atoms with E-state index in [2.05, 4.69) is 22.2 Å². The molecule has 1 fully saturated rings. The van der Waals surface area contributed by atoms with Gasteiger partial charge in [0.05, 0.1) is 6.10 Å². The molecule has 1 aliphatic carbocycles. The Bertz CT molecular complexity index is 414. The Morgan fingerprint density at radius 2 is 2.26 bits per heavy atom. The summed E-state index contributed by atoms with van der Waals surface area (Å²) in [5.74, 6) is 2.11. The van der Waals surface area contributed by atoms with Crippen LogP contribution >= 0.6 is 11.6 Å². The number of aliphatic hydroxyl groups is 1. The lowest BCUT2D eigenvalue weighted by Gasteiger charge is -2.26. The summed E-state index contributed by atoms with van der Waals surface area (Å²) in [7, 11) is 0. The van der Waals surface area contributed by atoms with Crippen LogP contribution in [0, 0.1) is 5.92 Å². The number of hydrogen-bond donors (Lipinski definition) is 2. The highest BCUT2D eigenvalue weighted by molar-refractivity contribution is 6.29. The van der Waals surface area contributed by atoms with Crippen molar-refractivity contribution in [1.82, 2.24) is 9.97 Å². The third-order valence-electron chi connectivity index (χ3n) is 3.54. The highest BCUT2D eigenvalue weighted by Gasteiger charge is 2.19. The second-order valence-corrected chi connectivity index (χ2v) is 5.70. The van der Waals surface area contributed by atoms with Crippen molar-refractivity contribution >= 4 is 17.4 Å². The number of halogens is 1. The first-order valence-corrected chi connectivity index (χ1v) is 7.50.